The number of carbonyl (C=O) groups is 1. The second-order valence-corrected chi connectivity index (χ2v) is 6.44. The van der Waals surface area contributed by atoms with Crippen molar-refractivity contribution >= 4 is 5.97 Å². The molecule has 1 unspecified atom stereocenters. The van der Waals surface area contributed by atoms with Crippen molar-refractivity contribution in [2.75, 3.05) is 7.11 Å². The first-order chi connectivity index (χ1) is 10.3. The Morgan fingerprint density at radius 2 is 2.05 bits per heavy atom. The predicted octanol–water partition coefficient (Wildman–Crippen LogP) is 2.53. The van der Waals surface area contributed by atoms with E-state index in [0.717, 1.165) is 37.0 Å². The molecule has 5 nitrogen and oxygen atoms in total. The van der Waals surface area contributed by atoms with Gasteiger partial charge in [-0.2, -0.15) is 0 Å². The molecule has 1 aromatic rings. The fourth-order valence-electron chi connectivity index (χ4n) is 3.75. The molecular formula is C16H25N3O2. The van der Waals surface area contributed by atoms with Crippen molar-refractivity contribution in [3.63, 3.8) is 0 Å². The smallest absolute Gasteiger partial charge is 0.309 e. The van der Waals surface area contributed by atoms with Crippen LogP contribution in [0.25, 0.3) is 0 Å². The van der Waals surface area contributed by atoms with Crippen LogP contribution in [-0.2, 0) is 28.9 Å². The molecule has 2 heterocycles. The minimum absolute atomic E-state index is 0.0436. The van der Waals surface area contributed by atoms with Crippen LogP contribution in [0.4, 0.5) is 0 Å². The highest BCUT2D eigenvalue weighted by Gasteiger charge is 2.28. The number of carbonyl (C=O) groups excluding carboxylic acids is 1. The quantitative estimate of drug-likeness (QED) is 0.800. The Hall–Kier alpha value is -1.39. The van der Waals surface area contributed by atoms with Gasteiger partial charge in [0.2, 0.25) is 0 Å². The Bertz CT molecular complexity index is 492. The van der Waals surface area contributed by atoms with Crippen LogP contribution in [0.5, 0.6) is 0 Å². The van der Waals surface area contributed by atoms with Crippen LogP contribution in [0.15, 0.2) is 0 Å². The average molecular weight is 291 g/mol. The highest BCUT2D eigenvalue weighted by molar-refractivity contribution is 5.72. The van der Waals surface area contributed by atoms with Crippen LogP contribution in [0.1, 0.15) is 56.6 Å². The molecule has 2 aliphatic rings. The number of fused-ring (bicyclic) bond motifs is 1. The summed E-state index contributed by atoms with van der Waals surface area (Å²) in [6.45, 7) is 0.849. The summed E-state index contributed by atoms with van der Waals surface area (Å²) in [6, 6.07) is 0. The van der Waals surface area contributed by atoms with Crippen LogP contribution in [0.3, 0.4) is 0 Å². The van der Waals surface area contributed by atoms with E-state index in [2.05, 4.69) is 14.8 Å². The van der Waals surface area contributed by atoms with E-state index >= 15 is 0 Å². The molecule has 0 amide bonds. The molecule has 1 aliphatic heterocycles. The third kappa shape index (κ3) is 3.27. The van der Waals surface area contributed by atoms with E-state index in [9.17, 15) is 4.79 Å². The third-order valence-electron chi connectivity index (χ3n) is 5.07. The van der Waals surface area contributed by atoms with Gasteiger partial charge in [0.05, 0.1) is 13.0 Å². The van der Waals surface area contributed by atoms with Gasteiger partial charge in [0.15, 0.2) is 0 Å². The maximum atomic E-state index is 11.6. The lowest BCUT2D eigenvalue weighted by atomic mass is 9.86. The Labute approximate surface area is 126 Å². The van der Waals surface area contributed by atoms with Gasteiger partial charge in [-0.3, -0.25) is 4.79 Å². The zero-order valence-corrected chi connectivity index (χ0v) is 12.9. The zero-order valence-electron chi connectivity index (χ0n) is 12.9. The molecule has 5 heteroatoms. The number of esters is 1. The number of hydrogen-bond donors (Lipinski definition) is 0. The van der Waals surface area contributed by atoms with Crippen LogP contribution >= 0.6 is 0 Å². The number of aromatic nitrogens is 3. The van der Waals surface area contributed by atoms with Crippen molar-refractivity contribution < 1.29 is 9.53 Å². The van der Waals surface area contributed by atoms with E-state index in [1.807, 2.05) is 0 Å². The van der Waals surface area contributed by atoms with E-state index < -0.39 is 0 Å². The predicted molar refractivity (Wildman–Crippen MR) is 78.7 cm³/mol. The Balaban J connectivity index is 1.59. The molecule has 1 aromatic heterocycles. The van der Waals surface area contributed by atoms with Crippen molar-refractivity contribution in [1.29, 1.82) is 0 Å². The van der Waals surface area contributed by atoms with Crippen molar-refractivity contribution in [1.82, 2.24) is 14.8 Å². The standard InChI is InChI=1S/C16H25N3O2/c1-21-16(20)13-9-10-19-14(17-18-15(19)11-13)8-7-12-5-3-2-4-6-12/h12-13H,2-11H2,1H3. The minimum atomic E-state index is -0.118. The van der Waals surface area contributed by atoms with Gasteiger partial charge in [-0.1, -0.05) is 32.1 Å². The van der Waals surface area contributed by atoms with Crippen LogP contribution < -0.4 is 0 Å². The molecule has 1 aliphatic carbocycles. The minimum Gasteiger partial charge on any atom is -0.469 e. The summed E-state index contributed by atoms with van der Waals surface area (Å²) in [5, 5.41) is 8.66. The second kappa shape index (κ2) is 6.58. The number of nitrogens with zero attached hydrogens (tertiary/aromatic N) is 3. The molecule has 1 saturated carbocycles. The van der Waals surface area contributed by atoms with Gasteiger partial charge in [0.1, 0.15) is 11.6 Å². The molecule has 0 saturated heterocycles. The lowest BCUT2D eigenvalue weighted by Crippen LogP contribution is -2.27. The van der Waals surface area contributed by atoms with Crippen molar-refractivity contribution in [3.8, 4) is 0 Å². The SMILES string of the molecule is COC(=O)C1CCn2c(CCC3CCCCC3)nnc2C1. The first-order valence-electron chi connectivity index (χ1n) is 8.26. The van der Waals surface area contributed by atoms with Crippen LogP contribution in [-0.4, -0.2) is 27.8 Å². The van der Waals surface area contributed by atoms with Gasteiger partial charge in [-0.05, 0) is 18.8 Å². The van der Waals surface area contributed by atoms with E-state index in [-0.39, 0.29) is 11.9 Å². The van der Waals surface area contributed by atoms with Gasteiger partial charge in [0, 0.05) is 19.4 Å². The van der Waals surface area contributed by atoms with Gasteiger partial charge in [-0.15, -0.1) is 10.2 Å². The number of methoxy groups -OCH3 is 1. The lowest BCUT2D eigenvalue weighted by Gasteiger charge is -2.23. The fraction of sp³-hybridized carbons (Fsp3) is 0.812. The normalized spacial score (nSPS) is 22.8. The molecule has 3 rings (SSSR count). The fourth-order valence-corrected chi connectivity index (χ4v) is 3.75. The van der Waals surface area contributed by atoms with Gasteiger partial charge < -0.3 is 9.30 Å². The topological polar surface area (TPSA) is 57.0 Å². The molecule has 0 aromatic carbocycles. The summed E-state index contributed by atoms with van der Waals surface area (Å²) < 4.78 is 7.07. The number of ether oxygens (including phenoxy) is 1. The third-order valence-corrected chi connectivity index (χ3v) is 5.07. The van der Waals surface area contributed by atoms with E-state index in [0.29, 0.717) is 6.42 Å². The molecule has 1 fully saturated rings. The second-order valence-electron chi connectivity index (χ2n) is 6.44. The van der Waals surface area contributed by atoms with Crippen LogP contribution in [0, 0.1) is 11.8 Å². The highest BCUT2D eigenvalue weighted by Crippen LogP contribution is 2.28. The average Bonchev–Trinajstić information content (AvgIpc) is 2.95. The van der Waals surface area contributed by atoms with Crippen molar-refractivity contribution in [2.45, 2.75) is 64.3 Å². The Morgan fingerprint density at radius 3 is 2.81 bits per heavy atom. The maximum Gasteiger partial charge on any atom is 0.309 e. The van der Waals surface area contributed by atoms with Gasteiger partial charge in [-0.25, -0.2) is 0 Å². The van der Waals surface area contributed by atoms with E-state index in [1.165, 1.54) is 45.6 Å². The molecule has 116 valence electrons. The first kappa shape index (κ1) is 14.5. The van der Waals surface area contributed by atoms with E-state index in [4.69, 9.17) is 4.74 Å². The molecular weight excluding hydrogens is 266 g/mol. The van der Waals surface area contributed by atoms with Gasteiger partial charge in [0.25, 0.3) is 0 Å². The molecule has 0 N–H and O–H groups in total. The van der Waals surface area contributed by atoms with E-state index in [1.54, 1.807) is 0 Å². The molecule has 0 radical (unpaired) electrons. The highest BCUT2D eigenvalue weighted by atomic mass is 16.5. The number of rotatable bonds is 4. The first-order valence-corrected chi connectivity index (χ1v) is 8.26. The summed E-state index contributed by atoms with van der Waals surface area (Å²) in [7, 11) is 1.46. The maximum absolute atomic E-state index is 11.6. The zero-order chi connectivity index (χ0) is 14.7. The summed E-state index contributed by atoms with van der Waals surface area (Å²) in [4.78, 5) is 11.6. The number of aryl methyl sites for hydroxylation is 1. The number of hydrogen-bond acceptors (Lipinski definition) is 4. The largest absolute Gasteiger partial charge is 0.469 e. The molecule has 0 spiro atoms. The monoisotopic (exact) mass is 291 g/mol. The summed E-state index contributed by atoms with van der Waals surface area (Å²) in [6.07, 6.45) is 10.7. The Kier molecular flexibility index (Phi) is 4.56. The van der Waals surface area contributed by atoms with Crippen LogP contribution in [0.2, 0.25) is 0 Å². The van der Waals surface area contributed by atoms with Crippen molar-refractivity contribution in [3.05, 3.63) is 11.6 Å². The summed E-state index contributed by atoms with van der Waals surface area (Å²) in [5.74, 6) is 2.78. The Morgan fingerprint density at radius 1 is 1.24 bits per heavy atom. The van der Waals surface area contributed by atoms with Crippen molar-refractivity contribution in [2.24, 2.45) is 11.8 Å². The summed E-state index contributed by atoms with van der Waals surface area (Å²) >= 11 is 0. The summed E-state index contributed by atoms with van der Waals surface area (Å²) in [5.41, 5.74) is 0. The lowest BCUT2D eigenvalue weighted by molar-refractivity contribution is -0.146. The molecule has 1 atom stereocenters. The van der Waals surface area contributed by atoms with Gasteiger partial charge >= 0.3 is 5.97 Å². The molecule has 0 bridgehead atoms. The molecule has 21 heavy (non-hydrogen) atoms.